The number of carboxylic acids is 1. The second-order valence-electron chi connectivity index (χ2n) is 2.93. The molecule has 0 amide bonds. The highest BCUT2D eigenvalue weighted by molar-refractivity contribution is 9.10. The Balaban J connectivity index is 2.49. The molecule has 0 aromatic carbocycles. The fourth-order valence-corrected chi connectivity index (χ4v) is 1.53. The monoisotopic (exact) mass is 266 g/mol. The number of aromatic carboxylic acids is 1. The molecule has 0 aliphatic heterocycles. The van der Waals surface area contributed by atoms with Crippen LogP contribution in [-0.2, 0) is 0 Å². The summed E-state index contributed by atoms with van der Waals surface area (Å²) >= 11 is 3.27. The molecule has 76 valence electrons. The van der Waals surface area contributed by atoms with Crippen molar-refractivity contribution in [1.29, 1.82) is 0 Å². The zero-order valence-electron chi connectivity index (χ0n) is 7.57. The van der Waals surface area contributed by atoms with Crippen LogP contribution in [0.3, 0.4) is 0 Å². The molecule has 2 aromatic heterocycles. The Morgan fingerprint density at radius 1 is 1.40 bits per heavy atom. The van der Waals surface area contributed by atoms with E-state index in [-0.39, 0.29) is 5.69 Å². The molecule has 0 saturated heterocycles. The largest absolute Gasteiger partial charge is 0.477 e. The minimum absolute atomic E-state index is 0.157. The summed E-state index contributed by atoms with van der Waals surface area (Å²) in [5.41, 5.74) is 1.39. The van der Waals surface area contributed by atoms with Gasteiger partial charge >= 0.3 is 5.97 Å². The zero-order chi connectivity index (χ0) is 10.8. The van der Waals surface area contributed by atoms with Gasteiger partial charge in [-0.2, -0.15) is 0 Å². The molecule has 0 aliphatic rings. The SMILES string of the molecule is O=C(O)c1[nH]ccc1-c1ccc(Br)cn1. The summed E-state index contributed by atoms with van der Waals surface area (Å²) in [7, 11) is 0. The first-order valence-electron chi connectivity index (χ1n) is 4.21. The molecule has 0 fully saturated rings. The van der Waals surface area contributed by atoms with Crippen LogP contribution in [0.15, 0.2) is 35.1 Å². The Bertz CT molecular complexity index is 490. The van der Waals surface area contributed by atoms with Gasteiger partial charge in [-0.25, -0.2) is 4.79 Å². The lowest BCUT2D eigenvalue weighted by atomic mass is 10.1. The maximum absolute atomic E-state index is 10.9. The van der Waals surface area contributed by atoms with E-state index in [0.717, 1.165) is 4.47 Å². The van der Waals surface area contributed by atoms with E-state index in [9.17, 15) is 4.79 Å². The predicted molar refractivity (Wildman–Crippen MR) is 58.7 cm³/mol. The molecular weight excluding hydrogens is 260 g/mol. The normalized spacial score (nSPS) is 10.2. The summed E-state index contributed by atoms with van der Waals surface area (Å²) in [4.78, 5) is 17.7. The van der Waals surface area contributed by atoms with Crippen LogP contribution in [0.25, 0.3) is 11.3 Å². The van der Waals surface area contributed by atoms with Gasteiger partial charge in [0.05, 0.1) is 5.69 Å². The first-order chi connectivity index (χ1) is 7.18. The highest BCUT2D eigenvalue weighted by atomic mass is 79.9. The number of aromatic amines is 1. The average Bonchev–Trinajstić information content (AvgIpc) is 2.67. The van der Waals surface area contributed by atoms with Crippen LogP contribution >= 0.6 is 15.9 Å². The van der Waals surface area contributed by atoms with Crippen LogP contribution in [0.2, 0.25) is 0 Å². The first kappa shape index (κ1) is 9.92. The molecule has 2 heterocycles. The van der Waals surface area contributed by atoms with Crippen molar-refractivity contribution in [1.82, 2.24) is 9.97 Å². The second kappa shape index (κ2) is 3.86. The minimum Gasteiger partial charge on any atom is -0.477 e. The van der Waals surface area contributed by atoms with Gasteiger partial charge in [0.15, 0.2) is 0 Å². The second-order valence-corrected chi connectivity index (χ2v) is 3.85. The number of nitrogens with one attached hydrogen (secondary N) is 1. The molecule has 0 bridgehead atoms. The highest BCUT2D eigenvalue weighted by Crippen LogP contribution is 2.22. The van der Waals surface area contributed by atoms with E-state index in [0.29, 0.717) is 11.3 Å². The molecule has 0 unspecified atom stereocenters. The molecule has 0 saturated carbocycles. The van der Waals surface area contributed by atoms with Gasteiger partial charge in [-0.05, 0) is 34.1 Å². The Morgan fingerprint density at radius 2 is 2.20 bits per heavy atom. The van der Waals surface area contributed by atoms with Crippen molar-refractivity contribution in [2.75, 3.05) is 0 Å². The number of H-pyrrole nitrogens is 1. The van der Waals surface area contributed by atoms with Gasteiger partial charge in [-0.15, -0.1) is 0 Å². The van der Waals surface area contributed by atoms with Crippen LogP contribution in [0.1, 0.15) is 10.5 Å². The van der Waals surface area contributed by atoms with Crippen LogP contribution in [-0.4, -0.2) is 21.0 Å². The highest BCUT2D eigenvalue weighted by Gasteiger charge is 2.13. The molecule has 15 heavy (non-hydrogen) atoms. The van der Waals surface area contributed by atoms with Crippen LogP contribution in [0.5, 0.6) is 0 Å². The van der Waals surface area contributed by atoms with E-state index < -0.39 is 5.97 Å². The molecule has 2 aromatic rings. The standard InChI is InChI=1S/C10H7BrN2O2/c11-6-1-2-8(13-5-6)7-3-4-12-9(7)10(14)15/h1-5,12H,(H,14,15). The van der Waals surface area contributed by atoms with Gasteiger partial charge in [-0.3, -0.25) is 4.98 Å². The molecule has 0 spiro atoms. The van der Waals surface area contributed by atoms with Gasteiger partial charge in [-0.1, -0.05) is 0 Å². The maximum atomic E-state index is 10.9. The van der Waals surface area contributed by atoms with Gasteiger partial charge < -0.3 is 10.1 Å². The third-order valence-corrected chi connectivity index (χ3v) is 2.43. The summed E-state index contributed by atoms with van der Waals surface area (Å²) in [6.45, 7) is 0. The van der Waals surface area contributed by atoms with Crippen LogP contribution in [0.4, 0.5) is 0 Å². The number of hydrogen-bond acceptors (Lipinski definition) is 2. The van der Waals surface area contributed by atoms with Crippen molar-refractivity contribution in [3.8, 4) is 11.3 Å². The number of nitrogens with zero attached hydrogens (tertiary/aromatic N) is 1. The van der Waals surface area contributed by atoms with E-state index in [1.54, 1.807) is 24.5 Å². The lowest BCUT2D eigenvalue weighted by molar-refractivity contribution is 0.0692. The van der Waals surface area contributed by atoms with Crippen LogP contribution in [0, 0.1) is 0 Å². The summed E-state index contributed by atoms with van der Waals surface area (Å²) in [5.74, 6) is -0.986. The average molecular weight is 267 g/mol. The third-order valence-electron chi connectivity index (χ3n) is 1.96. The quantitative estimate of drug-likeness (QED) is 0.878. The number of hydrogen-bond donors (Lipinski definition) is 2. The number of carboxylic acid groups (broad SMARTS) is 1. The summed E-state index contributed by atoms with van der Waals surface area (Å²) in [6.07, 6.45) is 3.22. The Hall–Kier alpha value is -1.62. The Morgan fingerprint density at radius 3 is 2.80 bits per heavy atom. The van der Waals surface area contributed by atoms with Gasteiger partial charge in [0.1, 0.15) is 5.69 Å². The topological polar surface area (TPSA) is 66.0 Å². The molecule has 5 heteroatoms. The van der Waals surface area contributed by atoms with E-state index in [2.05, 4.69) is 25.9 Å². The lowest BCUT2D eigenvalue weighted by Gasteiger charge is -1.99. The molecule has 2 rings (SSSR count). The molecular formula is C10H7BrN2O2. The maximum Gasteiger partial charge on any atom is 0.353 e. The number of halogens is 1. The molecule has 0 aliphatic carbocycles. The number of carbonyl (C=O) groups is 1. The summed E-state index contributed by atoms with van der Waals surface area (Å²) in [6, 6.07) is 5.28. The van der Waals surface area contributed by atoms with Crippen molar-refractivity contribution >= 4 is 21.9 Å². The van der Waals surface area contributed by atoms with E-state index in [4.69, 9.17) is 5.11 Å². The predicted octanol–water partition coefficient (Wildman–Crippen LogP) is 2.54. The van der Waals surface area contributed by atoms with Crippen molar-refractivity contribution in [2.24, 2.45) is 0 Å². The van der Waals surface area contributed by atoms with Crippen molar-refractivity contribution in [2.45, 2.75) is 0 Å². The minimum atomic E-state index is -0.986. The molecule has 4 nitrogen and oxygen atoms in total. The fraction of sp³-hybridized carbons (Fsp3) is 0. The molecule has 0 radical (unpaired) electrons. The van der Waals surface area contributed by atoms with Crippen molar-refractivity contribution < 1.29 is 9.90 Å². The van der Waals surface area contributed by atoms with E-state index >= 15 is 0 Å². The first-order valence-corrected chi connectivity index (χ1v) is 5.00. The van der Waals surface area contributed by atoms with Gasteiger partial charge in [0.25, 0.3) is 0 Å². The number of rotatable bonds is 2. The van der Waals surface area contributed by atoms with Gasteiger partial charge in [0, 0.05) is 22.4 Å². The Kier molecular flexibility index (Phi) is 2.55. The lowest BCUT2D eigenvalue weighted by Crippen LogP contribution is -1.99. The fourth-order valence-electron chi connectivity index (χ4n) is 1.29. The molecule has 2 N–H and O–H groups in total. The van der Waals surface area contributed by atoms with Gasteiger partial charge in [0.2, 0.25) is 0 Å². The summed E-state index contributed by atoms with van der Waals surface area (Å²) < 4.78 is 0.860. The molecule has 0 atom stereocenters. The zero-order valence-corrected chi connectivity index (χ0v) is 9.15. The van der Waals surface area contributed by atoms with Crippen LogP contribution < -0.4 is 0 Å². The smallest absolute Gasteiger partial charge is 0.353 e. The van der Waals surface area contributed by atoms with Crippen molar-refractivity contribution in [3.63, 3.8) is 0 Å². The Labute approximate surface area is 94.1 Å². The number of pyridine rings is 1. The van der Waals surface area contributed by atoms with E-state index in [1.165, 1.54) is 0 Å². The summed E-state index contributed by atoms with van der Waals surface area (Å²) in [5, 5.41) is 8.90. The van der Waals surface area contributed by atoms with E-state index in [1.807, 2.05) is 6.07 Å². The third kappa shape index (κ3) is 1.92. The number of aromatic nitrogens is 2. The van der Waals surface area contributed by atoms with Crippen molar-refractivity contribution in [3.05, 3.63) is 40.8 Å².